The number of nitrogens with zero attached hydrogens (tertiary/aromatic N) is 5. The lowest BCUT2D eigenvalue weighted by molar-refractivity contribution is -0.0498. The molecule has 0 saturated heterocycles. The molecule has 2 aromatic heterocycles. The van der Waals surface area contributed by atoms with Crippen LogP contribution in [0.15, 0.2) is 47.2 Å². The fraction of sp³-hybridized carbons (Fsp3) is 0.273. The number of halogens is 2. The van der Waals surface area contributed by atoms with E-state index in [2.05, 4.69) is 30.1 Å². The Morgan fingerprint density at radius 1 is 1.28 bits per heavy atom. The highest BCUT2D eigenvalue weighted by atomic mass is 19.3. The first-order valence-electron chi connectivity index (χ1n) is 10.0. The number of alkyl halides is 2. The Morgan fingerprint density at radius 3 is 2.72 bits per heavy atom. The monoisotopic (exact) mass is 439 g/mol. The van der Waals surface area contributed by atoms with Crippen LogP contribution in [0.5, 0.6) is 5.75 Å². The average molecular weight is 439 g/mol. The SMILES string of the molecule is CN/C(C)=C\C(N)=N/c1ncc2c(n1)-c1c(nn(C)c1-c1ccc(OC(F)F)cc1)CC2. The lowest BCUT2D eigenvalue weighted by Crippen LogP contribution is -2.13. The molecule has 0 amide bonds. The molecule has 0 spiro atoms. The molecule has 0 radical (unpaired) electrons. The Bertz CT molecular complexity index is 1200. The zero-order valence-corrected chi connectivity index (χ0v) is 17.9. The van der Waals surface area contributed by atoms with Gasteiger partial charge in [0.05, 0.1) is 17.1 Å². The summed E-state index contributed by atoms with van der Waals surface area (Å²) in [6, 6.07) is 6.48. The maximum atomic E-state index is 12.5. The van der Waals surface area contributed by atoms with Crippen molar-refractivity contribution in [3.05, 3.63) is 53.5 Å². The summed E-state index contributed by atoms with van der Waals surface area (Å²) >= 11 is 0. The number of hydrogen-bond donors (Lipinski definition) is 2. The van der Waals surface area contributed by atoms with Crippen LogP contribution in [0.4, 0.5) is 14.7 Å². The summed E-state index contributed by atoms with van der Waals surface area (Å²) in [5.74, 6) is 0.637. The van der Waals surface area contributed by atoms with Gasteiger partial charge in [0.1, 0.15) is 11.6 Å². The summed E-state index contributed by atoms with van der Waals surface area (Å²) in [5.41, 5.74) is 12.0. The van der Waals surface area contributed by atoms with E-state index in [1.165, 1.54) is 12.1 Å². The van der Waals surface area contributed by atoms with Gasteiger partial charge in [0.15, 0.2) is 0 Å². The van der Waals surface area contributed by atoms with Crippen LogP contribution in [0, 0.1) is 0 Å². The number of aliphatic imine (C=N–C) groups is 1. The van der Waals surface area contributed by atoms with E-state index >= 15 is 0 Å². The van der Waals surface area contributed by atoms with Crippen molar-refractivity contribution >= 4 is 11.8 Å². The molecule has 10 heteroatoms. The number of amidine groups is 1. The van der Waals surface area contributed by atoms with Crippen molar-refractivity contribution in [1.82, 2.24) is 25.1 Å². The predicted molar refractivity (Wildman–Crippen MR) is 118 cm³/mol. The Kier molecular flexibility index (Phi) is 5.85. The molecule has 1 aliphatic rings. The van der Waals surface area contributed by atoms with E-state index in [9.17, 15) is 8.78 Å². The van der Waals surface area contributed by atoms with E-state index in [0.717, 1.165) is 52.3 Å². The second-order valence-electron chi connectivity index (χ2n) is 7.35. The molecular formula is C22H23F2N7O. The number of hydrogen-bond acceptors (Lipinski definition) is 6. The van der Waals surface area contributed by atoms with Crippen LogP contribution < -0.4 is 15.8 Å². The third kappa shape index (κ3) is 4.29. The van der Waals surface area contributed by atoms with Gasteiger partial charge in [-0.2, -0.15) is 18.9 Å². The van der Waals surface area contributed by atoms with Gasteiger partial charge in [-0.15, -0.1) is 0 Å². The number of aromatic nitrogens is 4. The van der Waals surface area contributed by atoms with E-state index in [-0.39, 0.29) is 17.5 Å². The first-order chi connectivity index (χ1) is 15.4. The molecule has 3 N–H and O–H groups in total. The number of nitrogens with two attached hydrogens (primary N) is 1. The van der Waals surface area contributed by atoms with Crippen LogP contribution in [0.2, 0.25) is 0 Å². The van der Waals surface area contributed by atoms with Crippen LogP contribution in [0.3, 0.4) is 0 Å². The largest absolute Gasteiger partial charge is 0.435 e. The van der Waals surface area contributed by atoms with Gasteiger partial charge in [-0.3, -0.25) is 4.68 Å². The van der Waals surface area contributed by atoms with Crippen molar-refractivity contribution < 1.29 is 13.5 Å². The van der Waals surface area contributed by atoms with Crippen molar-refractivity contribution in [2.75, 3.05) is 7.05 Å². The first kappa shape index (κ1) is 21.4. The molecule has 0 bridgehead atoms. The average Bonchev–Trinajstić information content (AvgIpc) is 3.10. The number of rotatable bonds is 6. The van der Waals surface area contributed by atoms with Crippen molar-refractivity contribution in [3.8, 4) is 28.3 Å². The molecular weight excluding hydrogens is 416 g/mol. The number of aryl methyl sites for hydroxylation is 3. The van der Waals surface area contributed by atoms with Gasteiger partial charge in [-0.05, 0) is 55.7 Å². The second-order valence-corrected chi connectivity index (χ2v) is 7.35. The van der Waals surface area contributed by atoms with Crippen LogP contribution in [-0.4, -0.2) is 39.2 Å². The summed E-state index contributed by atoms with van der Waals surface area (Å²) in [6.45, 7) is -0.992. The zero-order valence-electron chi connectivity index (χ0n) is 17.9. The zero-order chi connectivity index (χ0) is 22.8. The van der Waals surface area contributed by atoms with Crippen molar-refractivity contribution in [2.24, 2.45) is 17.8 Å². The van der Waals surface area contributed by atoms with Gasteiger partial charge >= 0.3 is 6.61 Å². The molecule has 32 heavy (non-hydrogen) atoms. The minimum absolute atomic E-state index is 0.0968. The van der Waals surface area contributed by atoms with Crippen LogP contribution in [-0.2, 0) is 19.9 Å². The molecule has 0 unspecified atom stereocenters. The van der Waals surface area contributed by atoms with Gasteiger partial charge in [-0.25, -0.2) is 9.97 Å². The Labute approximate surface area is 183 Å². The highest BCUT2D eigenvalue weighted by Gasteiger charge is 2.27. The lowest BCUT2D eigenvalue weighted by atomic mass is 9.91. The fourth-order valence-corrected chi connectivity index (χ4v) is 3.67. The van der Waals surface area contributed by atoms with E-state index in [1.807, 2.05) is 14.0 Å². The summed E-state index contributed by atoms with van der Waals surface area (Å²) in [4.78, 5) is 13.3. The maximum Gasteiger partial charge on any atom is 0.387 e. The summed E-state index contributed by atoms with van der Waals surface area (Å²) in [6.07, 6.45) is 4.98. The molecule has 1 aliphatic carbocycles. The number of benzene rings is 1. The smallest absolute Gasteiger partial charge is 0.387 e. The highest BCUT2D eigenvalue weighted by molar-refractivity contribution is 5.93. The van der Waals surface area contributed by atoms with Crippen LogP contribution >= 0.6 is 0 Å². The van der Waals surface area contributed by atoms with E-state index in [0.29, 0.717) is 0 Å². The Balaban J connectivity index is 1.77. The van der Waals surface area contributed by atoms with Gasteiger partial charge in [0.25, 0.3) is 5.95 Å². The quantitative estimate of drug-likeness (QED) is 0.451. The van der Waals surface area contributed by atoms with Crippen molar-refractivity contribution in [3.63, 3.8) is 0 Å². The van der Waals surface area contributed by atoms with Gasteiger partial charge in [0, 0.05) is 37.1 Å². The van der Waals surface area contributed by atoms with E-state index in [1.54, 1.807) is 36.1 Å². The third-order valence-electron chi connectivity index (χ3n) is 5.18. The number of ether oxygens (including phenoxy) is 1. The molecule has 8 nitrogen and oxygen atoms in total. The molecule has 1 aromatic carbocycles. The Morgan fingerprint density at radius 2 is 2.03 bits per heavy atom. The molecule has 4 rings (SSSR count). The second kappa shape index (κ2) is 8.74. The minimum Gasteiger partial charge on any atom is -0.435 e. The summed E-state index contributed by atoms with van der Waals surface area (Å²) in [7, 11) is 3.65. The number of fused-ring (bicyclic) bond motifs is 3. The summed E-state index contributed by atoms with van der Waals surface area (Å²) < 4.78 is 31.2. The first-order valence-corrected chi connectivity index (χ1v) is 10.0. The molecule has 0 fully saturated rings. The molecule has 0 saturated carbocycles. The van der Waals surface area contributed by atoms with Crippen molar-refractivity contribution in [2.45, 2.75) is 26.4 Å². The maximum absolute atomic E-state index is 12.5. The lowest BCUT2D eigenvalue weighted by Gasteiger charge is -2.16. The van der Waals surface area contributed by atoms with E-state index in [4.69, 9.17) is 5.73 Å². The number of nitrogens with one attached hydrogen (secondary N) is 1. The molecule has 3 aromatic rings. The van der Waals surface area contributed by atoms with Crippen LogP contribution in [0.25, 0.3) is 22.5 Å². The normalized spacial score (nSPS) is 13.7. The fourth-order valence-electron chi connectivity index (χ4n) is 3.67. The van der Waals surface area contributed by atoms with Gasteiger partial charge in [0.2, 0.25) is 0 Å². The molecule has 0 atom stereocenters. The minimum atomic E-state index is -2.87. The highest BCUT2D eigenvalue weighted by Crippen LogP contribution is 2.40. The van der Waals surface area contributed by atoms with Crippen LogP contribution in [0.1, 0.15) is 18.2 Å². The molecule has 2 heterocycles. The predicted octanol–water partition coefficient (Wildman–Crippen LogP) is 3.36. The van der Waals surface area contributed by atoms with Gasteiger partial charge < -0.3 is 15.8 Å². The molecule has 0 aliphatic heterocycles. The number of allylic oxidation sites excluding steroid dienone is 1. The standard InChI is InChI=1S/C22H23F2N7O/c1-12(26-2)10-17(25)28-22-27-11-14-6-9-16-18(19(14)29-22)20(31(3)30-16)13-4-7-15(8-5-13)32-21(23)24/h4-5,7-8,10-11,21,26H,6,9H2,1-3H3,(H2,25,27,28,29)/b12-10-. The van der Waals surface area contributed by atoms with Gasteiger partial charge in [-0.1, -0.05) is 0 Å². The van der Waals surface area contributed by atoms with E-state index < -0.39 is 6.61 Å². The topological polar surface area (TPSA) is 103 Å². The Hall–Kier alpha value is -3.82. The molecule has 166 valence electrons. The third-order valence-corrected chi connectivity index (χ3v) is 5.18. The summed E-state index contributed by atoms with van der Waals surface area (Å²) in [5, 5.41) is 7.65. The van der Waals surface area contributed by atoms with Crippen molar-refractivity contribution in [1.29, 1.82) is 0 Å².